The van der Waals surface area contributed by atoms with E-state index in [9.17, 15) is 26.4 Å². The van der Waals surface area contributed by atoms with Crippen molar-refractivity contribution in [3.8, 4) is 0 Å². The van der Waals surface area contributed by atoms with Crippen molar-refractivity contribution < 1.29 is 31.1 Å². The number of para-hydroxylation sites is 1. The molecule has 4 N–H and O–H groups in total. The van der Waals surface area contributed by atoms with E-state index in [2.05, 4.69) is 10.6 Å². The number of nitrogens with zero attached hydrogens (tertiary/aromatic N) is 1. The maximum absolute atomic E-state index is 13.4. The molecule has 1 aliphatic rings. The summed E-state index contributed by atoms with van der Waals surface area (Å²) in [6, 6.07) is 9.35. The second-order valence-corrected chi connectivity index (χ2v) is 9.37. The Morgan fingerprint density at radius 2 is 1.91 bits per heavy atom. The number of allylic oxidation sites excluding steroid dienone is 2. The number of hydrogen-bond donors (Lipinski definition) is 3. The summed E-state index contributed by atoms with van der Waals surface area (Å²) < 4.78 is 72.5. The van der Waals surface area contributed by atoms with Gasteiger partial charge in [0, 0.05) is 24.7 Å². The van der Waals surface area contributed by atoms with E-state index in [1.165, 1.54) is 19.4 Å². The van der Waals surface area contributed by atoms with Gasteiger partial charge in [-0.2, -0.15) is 13.2 Å². The fourth-order valence-electron chi connectivity index (χ4n) is 3.15. The molecule has 1 aliphatic heterocycles. The number of ether oxygens (including phenoxy) is 1. The molecular formula is C21H20ClF3N4O4S. The molecule has 0 saturated carbocycles. The van der Waals surface area contributed by atoms with Crippen LogP contribution in [0, 0.1) is 0 Å². The van der Waals surface area contributed by atoms with Gasteiger partial charge in [-0.05, 0) is 36.4 Å². The minimum absolute atomic E-state index is 0.0587. The molecule has 34 heavy (non-hydrogen) atoms. The van der Waals surface area contributed by atoms with Gasteiger partial charge in [0.25, 0.3) is 15.9 Å². The molecule has 8 nitrogen and oxygen atoms in total. The van der Waals surface area contributed by atoms with Gasteiger partial charge in [-0.1, -0.05) is 29.8 Å². The second kappa shape index (κ2) is 9.95. The van der Waals surface area contributed by atoms with Crippen LogP contribution in [-0.2, 0) is 25.7 Å². The van der Waals surface area contributed by atoms with Crippen molar-refractivity contribution >= 4 is 38.9 Å². The highest BCUT2D eigenvalue weighted by Crippen LogP contribution is 2.36. The molecular weight excluding hydrogens is 497 g/mol. The summed E-state index contributed by atoms with van der Waals surface area (Å²) in [5.74, 6) is -0.637. The number of nitrogen functional groups attached to an aromatic ring is 1. The number of halogens is 4. The van der Waals surface area contributed by atoms with Crippen molar-refractivity contribution in [1.82, 2.24) is 9.62 Å². The predicted molar refractivity (Wildman–Crippen MR) is 121 cm³/mol. The first kappa shape index (κ1) is 25.4. The van der Waals surface area contributed by atoms with Crippen LogP contribution in [0.1, 0.15) is 5.56 Å². The smallest absolute Gasteiger partial charge is 0.398 e. The van der Waals surface area contributed by atoms with Gasteiger partial charge in [0.2, 0.25) is 0 Å². The van der Waals surface area contributed by atoms with Crippen LogP contribution in [0.25, 0.3) is 0 Å². The van der Waals surface area contributed by atoms with Crippen molar-refractivity contribution in [3.05, 3.63) is 77.1 Å². The molecule has 13 heteroatoms. The first-order valence-electron chi connectivity index (χ1n) is 9.62. The van der Waals surface area contributed by atoms with E-state index < -0.39 is 51.0 Å². The lowest BCUT2D eigenvalue weighted by molar-refractivity contribution is -0.137. The summed E-state index contributed by atoms with van der Waals surface area (Å²) in [5, 5.41) is 5.41. The van der Waals surface area contributed by atoms with Crippen molar-refractivity contribution in [2.45, 2.75) is 17.1 Å². The lowest BCUT2D eigenvalue weighted by atomic mass is 10.1. The van der Waals surface area contributed by atoms with Crippen molar-refractivity contribution in [2.75, 3.05) is 24.9 Å². The minimum Gasteiger partial charge on any atom is -0.398 e. The number of hydrogen-bond acceptors (Lipinski definition) is 6. The molecule has 3 rings (SSSR count). The maximum atomic E-state index is 13.4. The number of carbonyl (C=O) groups excluding carboxylic acids is 1. The van der Waals surface area contributed by atoms with E-state index in [0.29, 0.717) is 16.1 Å². The zero-order valence-electron chi connectivity index (χ0n) is 17.6. The van der Waals surface area contributed by atoms with E-state index >= 15 is 0 Å². The van der Waals surface area contributed by atoms with Crippen LogP contribution in [0.15, 0.2) is 76.4 Å². The highest BCUT2D eigenvalue weighted by molar-refractivity contribution is 7.89. The molecule has 2 aromatic carbocycles. The Labute approximate surface area is 198 Å². The standard InChI is InChI=1S/C21H20ClF3N4O4S/c1-33-12-29(34(31,32)15-7-8-17(26)16(10-15)21(23,24)25)18-9-13(22)11-27-19(18)20(30)28-14-5-3-2-4-6-14/h2-11,19,27H,12,26H2,1H3,(H,28,30). The third-order valence-electron chi connectivity index (χ3n) is 4.73. The van der Waals surface area contributed by atoms with E-state index in [-0.39, 0.29) is 10.7 Å². The number of dihydropyridines is 1. The number of nitrogens with one attached hydrogen (secondary N) is 2. The lowest BCUT2D eigenvalue weighted by Crippen LogP contribution is -2.48. The van der Waals surface area contributed by atoms with E-state index in [4.69, 9.17) is 22.1 Å². The summed E-state index contributed by atoms with van der Waals surface area (Å²) in [6.45, 7) is -0.610. The third kappa shape index (κ3) is 5.46. The Morgan fingerprint density at radius 3 is 2.53 bits per heavy atom. The average Bonchev–Trinajstić information content (AvgIpc) is 2.77. The Balaban J connectivity index is 2.04. The average molecular weight is 517 g/mol. The molecule has 0 radical (unpaired) electrons. The fourth-order valence-corrected chi connectivity index (χ4v) is 4.76. The highest BCUT2D eigenvalue weighted by atomic mass is 35.5. The molecule has 0 aromatic heterocycles. The van der Waals surface area contributed by atoms with Crippen LogP contribution < -0.4 is 16.4 Å². The predicted octanol–water partition coefficient (Wildman–Crippen LogP) is 3.46. The molecule has 0 fully saturated rings. The van der Waals surface area contributed by atoms with E-state index in [1.54, 1.807) is 30.3 Å². The van der Waals surface area contributed by atoms with E-state index in [1.807, 2.05) is 0 Å². The summed E-state index contributed by atoms with van der Waals surface area (Å²) in [6.07, 6.45) is -2.37. The molecule has 1 unspecified atom stereocenters. The number of sulfonamides is 1. The largest absolute Gasteiger partial charge is 0.418 e. The maximum Gasteiger partial charge on any atom is 0.418 e. The SMILES string of the molecule is COCN(C1=CC(Cl)=CNC1C(=O)Nc1ccccc1)S(=O)(=O)c1ccc(N)c(C(F)(F)F)c1. The van der Waals surface area contributed by atoms with Gasteiger partial charge in [-0.25, -0.2) is 12.7 Å². The minimum atomic E-state index is -4.88. The summed E-state index contributed by atoms with van der Waals surface area (Å²) in [7, 11) is -3.45. The first-order chi connectivity index (χ1) is 15.9. The van der Waals surface area contributed by atoms with Crippen LogP contribution in [0.5, 0.6) is 0 Å². The van der Waals surface area contributed by atoms with Crippen LogP contribution in [0.3, 0.4) is 0 Å². The van der Waals surface area contributed by atoms with E-state index in [0.717, 1.165) is 12.1 Å². The Bertz CT molecular complexity index is 1230. The number of amides is 1. The van der Waals surface area contributed by atoms with Gasteiger partial charge in [-0.3, -0.25) is 4.79 Å². The lowest BCUT2D eigenvalue weighted by Gasteiger charge is -2.32. The molecule has 0 saturated heterocycles. The number of benzene rings is 2. The highest BCUT2D eigenvalue weighted by Gasteiger charge is 2.38. The topological polar surface area (TPSA) is 114 Å². The van der Waals surface area contributed by atoms with Crippen LogP contribution >= 0.6 is 11.6 Å². The van der Waals surface area contributed by atoms with Crippen molar-refractivity contribution in [3.63, 3.8) is 0 Å². The van der Waals surface area contributed by atoms with Gasteiger partial charge in [-0.15, -0.1) is 0 Å². The number of methoxy groups -OCH3 is 1. The van der Waals surface area contributed by atoms with Gasteiger partial charge in [0.1, 0.15) is 12.8 Å². The molecule has 0 bridgehead atoms. The van der Waals surface area contributed by atoms with Gasteiger partial charge >= 0.3 is 6.18 Å². The monoisotopic (exact) mass is 516 g/mol. The zero-order valence-corrected chi connectivity index (χ0v) is 19.2. The number of carbonyl (C=O) groups is 1. The van der Waals surface area contributed by atoms with Crippen LogP contribution in [-0.4, -0.2) is 38.5 Å². The fraction of sp³-hybridized carbons (Fsp3) is 0.190. The van der Waals surface area contributed by atoms with Crippen molar-refractivity contribution in [1.29, 1.82) is 0 Å². The third-order valence-corrected chi connectivity index (χ3v) is 6.69. The molecule has 1 amide bonds. The number of rotatable bonds is 7. The Hall–Kier alpha value is -3.22. The summed E-state index contributed by atoms with van der Waals surface area (Å²) >= 11 is 6.05. The van der Waals surface area contributed by atoms with Crippen molar-refractivity contribution in [2.24, 2.45) is 0 Å². The first-order valence-corrected chi connectivity index (χ1v) is 11.4. The van der Waals surface area contributed by atoms with Gasteiger partial charge in [0.15, 0.2) is 0 Å². The number of alkyl halides is 3. The Kier molecular flexibility index (Phi) is 7.44. The summed E-state index contributed by atoms with van der Waals surface area (Å²) in [4.78, 5) is 12.3. The van der Waals surface area contributed by atoms with Crippen LogP contribution in [0.4, 0.5) is 24.5 Å². The second-order valence-electron chi connectivity index (χ2n) is 7.07. The molecule has 1 atom stereocenters. The molecule has 1 heterocycles. The van der Waals surface area contributed by atoms with Gasteiger partial charge < -0.3 is 21.1 Å². The molecule has 2 aromatic rings. The van der Waals surface area contributed by atoms with Gasteiger partial charge in [0.05, 0.1) is 21.2 Å². The number of anilines is 2. The molecule has 0 aliphatic carbocycles. The Morgan fingerprint density at radius 1 is 1.24 bits per heavy atom. The summed E-state index contributed by atoms with van der Waals surface area (Å²) in [5.41, 5.74) is 3.75. The normalized spacial score (nSPS) is 16.2. The van der Waals surface area contributed by atoms with Crippen LogP contribution in [0.2, 0.25) is 0 Å². The zero-order chi connectivity index (χ0) is 25.1. The molecule has 0 spiro atoms. The quantitative estimate of drug-likeness (QED) is 0.384. The number of nitrogens with two attached hydrogens (primary N) is 1. The molecule has 182 valence electrons.